The van der Waals surface area contributed by atoms with E-state index in [1.165, 1.54) is 0 Å². The molecule has 0 N–H and O–H groups in total. The maximum Gasteiger partial charge on any atom is 0.0700 e. The van der Waals surface area contributed by atoms with Crippen molar-refractivity contribution in [2.24, 2.45) is 5.92 Å². The predicted molar refractivity (Wildman–Crippen MR) is 64.2 cm³/mol. The first-order chi connectivity index (χ1) is 7.70. The highest BCUT2D eigenvalue weighted by Crippen LogP contribution is 1.99. The van der Waals surface area contributed by atoms with Gasteiger partial charge in [-0.15, -0.1) is 0 Å². The van der Waals surface area contributed by atoms with Crippen LogP contribution in [0.1, 0.15) is 20.3 Å². The summed E-state index contributed by atoms with van der Waals surface area (Å²) in [5.74, 6) is 0.623. The number of hydrogen-bond donors (Lipinski definition) is 0. The molecule has 94 valence electrons. The van der Waals surface area contributed by atoms with E-state index in [0.29, 0.717) is 32.2 Å². The molecule has 0 aromatic rings. The normalized spacial score (nSPS) is 11.0. The minimum atomic E-state index is 0.588. The first kappa shape index (κ1) is 15.4. The Kier molecular flexibility index (Phi) is 10.4. The van der Waals surface area contributed by atoms with Crippen LogP contribution in [0.15, 0.2) is 0 Å². The van der Waals surface area contributed by atoms with E-state index in [2.05, 4.69) is 24.8 Å². The molecule has 0 aliphatic heterocycles. The summed E-state index contributed by atoms with van der Waals surface area (Å²) < 4.78 is 10.3. The van der Waals surface area contributed by atoms with Gasteiger partial charge in [-0.2, -0.15) is 5.26 Å². The average Bonchev–Trinajstić information content (AvgIpc) is 2.24. The van der Waals surface area contributed by atoms with Crippen molar-refractivity contribution in [3.8, 4) is 6.07 Å². The Balaban J connectivity index is 3.61. The molecule has 0 aliphatic carbocycles. The van der Waals surface area contributed by atoms with Crippen molar-refractivity contribution in [3.63, 3.8) is 0 Å². The second kappa shape index (κ2) is 10.9. The van der Waals surface area contributed by atoms with E-state index in [0.717, 1.165) is 19.6 Å². The van der Waals surface area contributed by atoms with Gasteiger partial charge in [0, 0.05) is 33.2 Å². The van der Waals surface area contributed by atoms with Crippen LogP contribution < -0.4 is 0 Å². The lowest BCUT2D eigenvalue weighted by Gasteiger charge is -2.22. The Morgan fingerprint density at radius 1 is 1.19 bits per heavy atom. The van der Waals surface area contributed by atoms with Crippen molar-refractivity contribution in [3.05, 3.63) is 0 Å². The fourth-order valence-corrected chi connectivity index (χ4v) is 1.46. The SMILES string of the molecule is COCCOCCN(CCC#N)CC(C)C. The monoisotopic (exact) mass is 228 g/mol. The van der Waals surface area contributed by atoms with Crippen LogP contribution in [0.3, 0.4) is 0 Å². The van der Waals surface area contributed by atoms with Crippen LogP contribution >= 0.6 is 0 Å². The fourth-order valence-electron chi connectivity index (χ4n) is 1.46. The van der Waals surface area contributed by atoms with Gasteiger partial charge in [0.1, 0.15) is 0 Å². The van der Waals surface area contributed by atoms with Crippen LogP contribution in [0, 0.1) is 17.2 Å². The van der Waals surface area contributed by atoms with Crippen LogP contribution in [-0.4, -0.2) is 51.5 Å². The van der Waals surface area contributed by atoms with Gasteiger partial charge in [-0.3, -0.25) is 4.90 Å². The smallest absolute Gasteiger partial charge is 0.0700 e. The number of hydrogen-bond acceptors (Lipinski definition) is 4. The van der Waals surface area contributed by atoms with Gasteiger partial charge in [0.2, 0.25) is 0 Å². The summed E-state index contributed by atoms with van der Waals surface area (Å²) in [7, 11) is 1.67. The Bertz CT molecular complexity index is 190. The molecule has 4 nitrogen and oxygen atoms in total. The molecule has 0 amide bonds. The summed E-state index contributed by atoms with van der Waals surface area (Å²) in [6.07, 6.45) is 0.588. The topological polar surface area (TPSA) is 45.5 Å². The molecular formula is C12H24N2O2. The van der Waals surface area contributed by atoms with E-state index in [-0.39, 0.29) is 0 Å². The summed E-state index contributed by atoms with van der Waals surface area (Å²) in [4.78, 5) is 2.28. The molecule has 0 saturated carbocycles. The van der Waals surface area contributed by atoms with Gasteiger partial charge in [-0.05, 0) is 5.92 Å². The van der Waals surface area contributed by atoms with Crippen LogP contribution in [0.5, 0.6) is 0 Å². The third-order valence-corrected chi connectivity index (χ3v) is 2.15. The van der Waals surface area contributed by atoms with Gasteiger partial charge in [0.25, 0.3) is 0 Å². The molecule has 0 spiro atoms. The highest BCUT2D eigenvalue weighted by atomic mass is 16.5. The lowest BCUT2D eigenvalue weighted by atomic mass is 10.2. The van der Waals surface area contributed by atoms with Crippen LogP contribution in [0.4, 0.5) is 0 Å². The molecule has 4 heteroatoms. The van der Waals surface area contributed by atoms with Gasteiger partial charge >= 0.3 is 0 Å². The summed E-state index contributed by atoms with van der Waals surface area (Å²) in [5.41, 5.74) is 0. The average molecular weight is 228 g/mol. The third-order valence-electron chi connectivity index (χ3n) is 2.15. The second-order valence-corrected chi connectivity index (χ2v) is 4.21. The number of methoxy groups -OCH3 is 1. The molecular weight excluding hydrogens is 204 g/mol. The molecule has 0 aromatic carbocycles. The largest absolute Gasteiger partial charge is 0.382 e. The number of nitrogens with zero attached hydrogens (tertiary/aromatic N) is 2. The predicted octanol–water partition coefficient (Wildman–Crippen LogP) is 1.52. The van der Waals surface area contributed by atoms with E-state index in [4.69, 9.17) is 14.7 Å². The molecule has 16 heavy (non-hydrogen) atoms. The highest BCUT2D eigenvalue weighted by molar-refractivity contribution is 4.72. The molecule has 0 rings (SSSR count). The minimum absolute atomic E-state index is 0.588. The van der Waals surface area contributed by atoms with Crippen molar-refractivity contribution in [1.82, 2.24) is 4.90 Å². The third kappa shape index (κ3) is 9.91. The lowest BCUT2D eigenvalue weighted by Crippen LogP contribution is -2.32. The van der Waals surface area contributed by atoms with Gasteiger partial charge in [0.05, 0.1) is 25.9 Å². The fraction of sp³-hybridized carbons (Fsp3) is 0.917. The molecule has 0 fully saturated rings. The number of ether oxygens (including phenoxy) is 2. The zero-order chi connectivity index (χ0) is 12.2. The maximum absolute atomic E-state index is 8.57. The Morgan fingerprint density at radius 3 is 2.50 bits per heavy atom. The van der Waals surface area contributed by atoms with E-state index in [1.54, 1.807) is 7.11 Å². The molecule has 0 aliphatic rings. The molecule has 0 aromatic heterocycles. The van der Waals surface area contributed by atoms with Gasteiger partial charge in [0.15, 0.2) is 0 Å². The Morgan fingerprint density at radius 2 is 1.94 bits per heavy atom. The van der Waals surface area contributed by atoms with Gasteiger partial charge in [-0.1, -0.05) is 13.8 Å². The molecule has 0 atom stereocenters. The highest BCUT2D eigenvalue weighted by Gasteiger charge is 2.06. The second-order valence-electron chi connectivity index (χ2n) is 4.21. The first-order valence-electron chi connectivity index (χ1n) is 5.86. The van der Waals surface area contributed by atoms with E-state index in [9.17, 15) is 0 Å². The summed E-state index contributed by atoms with van der Waals surface area (Å²) in [6, 6.07) is 2.18. The van der Waals surface area contributed by atoms with Crippen LogP contribution in [0.2, 0.25) is 0 Å². The zero-order valence-corrected chi connectivity index (χ0v) is 10.7. The summed E-state index contributed by atoms with van der Waals surface area (Å²) in [6.45, 7) is 9.12. The molecule has 0 saturated heterocycles. The number of rotatable bonds is 10. The van der Waals surface area contributed by atoms with Gasteiger partial charge < -0.3 is 9.47 Å². The Labute approximate surface area is 99.1 Å². The summed E-state index contributed by atoms with van der Waals surface area (Å²) >= 11 is 0. The molecule has 0 heterocycles. The van der Waals surface area contributed by atoms with Crippen LogP contribution in [0.25, 0.3) is 0 Å². The van der Waals surface area contributed by atoms with E-state index < -0.39 is 0 Å². The van der Waals surface area contributed by atoms with E-state index >= 15 is 0 Å². The van der Waals surface area contributed by atoms with Crippen molar-refractivity contribution in [2.75, 3.05) is 46.6 Å². The molecule has 0 bridgehead atoms. The summed E-state index contributed by atoms with van der Waals surface area (Å²) in [5, 5.41) is 8.57. The van der Waals surface area contributed by atoms with Crippen molar-refractivity contribution in [1.29, 1.82) is 5.26 Å². The van der Waals surface area contributed by atoms with Crippen molar-refractivity contribution >= 4 is 0 Å². The standard InChI is InChI=1S/C12H24N2O2/c1-12(2)11-14(6-4-5-13)7-8-16-10-9-15-3/h12H,4,6-11H2,1-3H3. The van der Waals surface area contributed by atoms with E-state index in [1.807, 2.05) is 0 Å². The zero-order valence-electron chi connectivity index (χ0n) is 10.7. The Hall–Kier alpha value is -0.630. The van der Waals surface area contributed by atoms with Gasteiger partial charge in [-0.25, -0.2) is 0 Å². The molecule has 0 radical (unpaired) electrons. The maximum atomic E-state index is 8.57. The number of nitriles is 1. The van der Waals surface area contributed by atoms with Crippen LogP contribution in [-0.2, 0) is 9.47 Å². The lowest BCUT2D eigenvalue weighted by molar-refractivity contribution is 0.0557. The minimum Gasteiger partial charge on any atom is -0.382 e. The van der Waals surface area contributed by atoms with Crippen molar-refractivity contribution in [2.45, 2.75) is 20.3 Å². The first-order valence-corrected chi connectivity index (χ1v) is 5.86. The van der Waals surface area contributed by atoms with Crippen molar-refractivity contribution < 1.29 is 9.47 Å². The quantitative estimate of drug-likeness (QED) is 0.532. The molecule has 0 unspecified atom stereocenters.